The molecule has 1 fully saturated rings. The van der Waals surface area contributed by atoms with Crippen LogP contribution in [0.1, 0.15) is 18.4 Å². The van der Waals surface area contributed by atoms with Gasteiger partial charge in [0.15, 0.2) is 0 Å². The van der Waals surface area contributed by atoms with Crippen molar-refractivity contribution in [1.29, 1.82) is 0 Å². The zero-order valence-corrected chi connectivity index (χ0v) is 12.1. The number of nitrogens with zero attached hydrogens (tertiary/aromatic N) is 2. The Kier molecular flexibility index (Phi) is 4.90. The molecule has 0 spiro atoms. The highest BCUT2D eigenvalue weighted by molar-refractivity contribution is 7.88. The van der Waals surface area contributed by atoms with Crippen LogP contribution in [0.5, 0.6) is 0 Å². The molecule has 5 nitrogen and oxygen atoms in total. The third-order valence-electron chi connectivity index (χ3n) is 3.35. The van der Waals surface area contributed by atoms with Gasteiger partial charge >= 0.3 is 0 Å². The molecule has 2 rings (SSSR count). The molecule has 1 N–H and O–H groups in total. The van der Waals surface area contributed by atoms with Crippen molar-refractivity contribution in [3.8, 4) is 0 Å². The number of likely N-dealkylation sites (tertiary alicyclic amines) is 1. The minimum atomic E-state index is -3.10. The van der Waals surface area contributed by atoms with Crippen LogP contribution in [0.4, 0.5) is 0 Å². The molecule has 0 saturated carbocycles. The van der Waals surface area contributed by atoms with Gasteiger partial charge in [-0.15, -0.1) is 0 Å². The molecular formula is C13H21N3O2S. The Bertz CT molecular complexity index is 490. The third-order valence-corrected chi connectivity index (χ3v) is 4.11. The number of aromatic nitrogens is 1. The van der Waals surface area contributed by atoms with E-state index in [0.717, 1.165) is 38.9 Å². The molecule has 106 valence electrons. The van der Waals surface area contributed by atoms with Crippen LogP contribution in [0.25, 0.3) is 0 Å². The molecule has 0 aliphatic carbocycles. The Morgan fingerprint density at radius 2 is 2.16 bits per heavy atom. The van der Waals surface area contributed by atoms with Crippen LogP contribution in [0.3, 0.4) is 0 Å². The van der Waals surface area contributed by atoms with Crippen LogP contribution in [0.2, 0.25) is 0 Å². The molecule has 19 heavy (non-hydrogen) atoms. The molecule has 0 amide bonds. The van der Waals surface area contributed by atoms with Crippen molar-refractivity contribution in [3.05, 3.63) is 30.1 Å². The van der Waals surface area contributed by atoms with E-state index in [0.29, 0.717) is 0 Å². The average Bonchev–Trinajstić information content (AvgIpc) is 2.36. The molecule has 0 radical (unpaired) electrons. The smallest absolute Gasteiger partial charge is 0.208 e. The van der Waals surface area contributed by atoms with Crippen LogP contribution < -0.4 is 4.72 Å². The van der Waals surface area contributed by atoms with E-state index < -0.39 is 10.0 Å². The summed E-state index contributed by atoms with van der Waals surface area (Å²) in [5.74, 6) is 0. The highest BCUT2D eigenvalue weighted by Gasteiger charge is 2.21. The third kappa shape index (κ3) is 5.26. The van der Waals surface area contributed by atoms with Crippen molar-refractivity contribution in [2.24, 2.45) is 0 Å². The molecule has 1 aliphatic rings. The summed E-state index contributed by atoms with van der Waals surface area (Å²) in [4.78, 5) is 6.33. The van der Waals surface area contributed by atoms with Crippen molar-refractivity contribution in [2.45, 2.75) is 25.3 Å². The Morgan fingerprint density at radius 1 is 1.42 bits per heavy atom. The highest BCUT2D eigenvalue weighted by Crippen LogP contribution is 2.11. The lowest BCUT2D eigenvalue weighted by Gasteiger charge is -2.32. The first kappa shape index (κ1) is 14.4. The molecular weight excluding hydrogens is 262 g/mol. The van der Waals surface area contributed by atoms with Crippen LogP contribution >= 0.6 is 0 Å². The maximum absolute atomic E-state index is 11.2. The summed E-state index contributed by atoms with van der Waals surface area (Å²) >= 11 is 0. The summed E-state index contributed by atoms with van der Waals surface area (Å²) in [6.07, 6.45) is 7.79. The first-order valence-corrected chi connectivity index (χ1v) is 8.50. The summed E-state index contributed by atoms with van der Waals surface area (Å²) in [5.41, 5.74) is 1.27. The fourth-order valence-corrected chi connectivity index (χ4v) is 3.29. The van der Waals surface area contributed by atoms with Gasteiger partial charge in [-0.3, -0.25) is 4.98 Å². The van der Waals surface area contributed by atoms with Crippen LogP contribution in [-0.4, -0.2) is 50.2 Å². The summed E-state index contributed by atoms with van der Waals surface area (Å²) in [7, 11) is -3.10. The van der Waals surface area contributed by atoms with Gasteiger partial charge in [0.25, 0.3) is 0 Å². The van der Waals surface area contributed by atoms with Gasteiger partial charge in [-0.05, 0) is 43.5 Å². The number of hydrogen-bond donors (Lipinski definition) is 1. The van der Waals surface area contributed by atoms with E-state index >= 15 is 0 Å². The van der Waals surface area contributed by atoms with E-state index in [1.165, 1.54) is 11.8 Å². The van der Waals surface area contributed by atoms with E-state index in [1.54, 1.807) is 12.4 Å². The van der Waals surface area contributed by atoms with Crippen molar-refractivity contribution in [1.82, 2.24) is 14.6 Å². The van der Waals surface area contributed by atoms with Crippen molar-refractivity contribution < 1.29 is 8.42 Å². The molecule has 1 atom stereocenters. The molecule has 2 heterocycles. The van der Waals surface area contributed by atoms with Gasteiger partial charge in [-0.25, -0.2) is 13.1 Å². The molecule has 6 heteroatoms. The average molecular weight is 283 g/mol. The van der Waals surface area contributed by atoms with Crippen molar-refractivity contribution >= 4 is 10.0 Å². The predicted molar refractivity (Wildman–Crippen MR) is 75.4 cm³/mol. The number of piperidine rings is 1. The standard InChI is InChI=1S/C13H21N3O2S/c1-19(17,18)15-13-3-2-9-16(11-13)10-6-12-4-7-14-8-5-12/h4-5,7-8,13,15H,2-3,6,9-11H2,1H3/t13-/m1/s1. The number of pyridine rings is 1. The molecule has 1 aromatic heterocycles. The van der Waals surface area contributed by atoms with Gasteiger partial charge in [0, 0.05) is 31.5 Å². The number of hydrogen-bond acceptors (Lipinski definition) is 4. The lowest BCUT2D eigenvalue weighted by atomic mass is 10.1. The molecule has 0 bridgehead atoms. The van der Waals surface area contributed by atoms with Crippen LogP contribution in [-0.2, 0) is 16.4 Å². The second-order valence-corrected chi connectivity index (χ2v) is 6.92. The van der Waals surface area contributed by atoms with Crippen molar-refractivity contribution in [3.63, 3.8) is 0 Å². The largest absolute Gasteiger partial charge is 0.301 e. The van der Waals surface area contributed by atoms with E-state index in [-0.39, 0.29) is 6.04 Å². The monoisotopic (exact) mass is 283 g/mol. The van der Waals surface area contributed by atoms with E-state index in [2.05, 4.69) is 14.6 Å². The zero-order chi connectivity index (χ0) is 13.7. The van der Waals surface area contributed by atoms with Gasteiger partial charge in [0.05, 0.1) is 6.26 Å². The summed E-state index contributed by atoms with van der Waals surface area (Å²) in [6, 6.07) is 4.10. The van der Waals surface area contributed by atoms with Gasteiger partial charge in [-0.2, -0.15) is 0 Å². The number of sulfonamides is 1. The SMILES string of the molecule is CS(=O)(=O)N[C@@H]1CCCN(CCc2ccncc2)C1. The predicted octanol–water partition coefficient (Wildman–Crippen LogP) is 0.638. The minimum absolute atomic E-state index is 0.0567. The summed E-state index contributed by atoms with van der Waals surface area (Å²) in [6.45, 7) is 2.82. The zero-order valence-electron chi connectivity index (χ0n) is 11.2. The molecule has 0 unspecified atom stereocenters. The minimum Gasteiger partial charge on any atom is -0.301 e. The van der Waals surface area contributed by atoms with Crippen molar-refractivity contribution in [2.75, 3.05) is 25.9 Å². The van der Waals surface area contributed by atoms with E-state index in [9.17, 15) is 8.42 Å². The Balaban J connectivity index is 1.81. The lowest BCUT2D eigenvalue weighted by molar-refractivity contribution is 0.204. The molecule has 1 aromatic rings. The second-order valence-electron chi connectivity index (χ2n) is 5.14. The van der Waals surface area contributed by atoms with Gasteiger partial charge in [-0.1, -0.05) is 0 Å². The van der Waals surface area contributed by atoms with E-state index in [4.69, 9.17) is 0 Å². The number of rotatable bonds is 5. The fourth-order valence-electron chi connectivity index (χ4n) is 2.49. The fraction of sp³-hybridized carbons (Fsp3) is 0.615. The molecule has 1 saturated heterocycles. The molecule has 1 aliphatic heterocycles. The molecule has 0 aromatic carbocycles. The van der Waals surface area contributed by atoms with Gasteiger partial charge in [0.1, 0.15) is 0 Å². The Morgan fingerprint density at radius 3 is 2.84 bits per heavy atom. The van der Waals surface area contributed by atoms with Crippen LogP contribution in [0.15, 0.2) is 24.5 Å². The second kappa shape index (κ2) is 6.45. The number of nitrogens with one attached hydrogen (secondary N) is 1. The van der Waals surface area contributed by atoms with Crippen LogP contribution in [0, 0.1) is 0 Å². The highest BCUT2D eigenvalue weighted by atomic mass is 32.2. The summed E-state index contributed by atoms with van der Waals surface area (Å²) in [5, 5.41) is 0. The van der Waals surface area contributed by atoms with Gasteiger partial charge < -0.3 is 4.90 Å². The quantitative estimate of drug-likeness (QED) is 0.861. The first-order chi connectivity index (χ1) is 9.03. The maximum Gasteiger partial charge on any atom is 0.208 e. The Hall–Kier alpha value is -0.980. The summed E-state index contributed by atoms with van der Waals surface area (Å²) < 4.78 is 25.2. The van der Waals surface area contributed by atoms with Gasteiger partial charge in [0.2, 0.25) is 10.0 Å². The Labute approximate surface area is 115 Å². The topological polar surface area (TPSA) is 62.3 Å². The first-order valence-electron chi connectivity index (χ1n) is 6.61. The lowest BCUT2D eigenvalue weighted by Crippen LogP contribution is -2.47. The maximum atomic E-state index is 11.2. The normalized spacial score (nSPS) is 21.4. The van der Waals surface area contributed by atoms with E-state index in [1.807, 2.05) is 12.1 Å².